The first-order chi connectivity index (χ1) is 16.7. The number of nitrogens with zero attached hydrogens (tertiary/aromatic N) is 2. The van der Waals surface area contributed by atoms with Crippen molar-refractivity contribution < 1.29 is 23.4 Å². The molecule has 34 heavy (non-hydrogen) atoms. The van der Waals surface area contributed by atoms with Crippen molar-refractivity contribution in [3.8, 4) is 17.2 Å². The molecule has 1 amide bonds. The Hall–Kier alpha value is -3.65. The second-order valence-electron chi connectivity index (χ2n) is 8.00. The van der Waals surface area contributed by atoms with Crippen molar-refractivity contribution in [2.45, 2.75) is 6.04 Å². The SMILES string of the molecule is COc1ccc(N2CCN(C(CNC(=O)COc3ccccc3OC)c3ccco3)CC2)cc1. The standard InChI is InChI=1S/C26H31N3O5/c1-31-21-11-9-20(10-12-21)28-13-15-29(16-14-28)22(23-8-5-17-33-23)18-27-26(30)19-34-25-7-4-3-6-24(25)32-2/h3-12,17,22H,13-16,18-19H2,1-2H3,(H,27,30). The van der Waals surface area contributed by atoms with Crippen LogP contribution in [0.25, 0.3) is 0 Å². The van der Waals surface area contributed by atoms with E-state index in [1.54, 1.807) is 32.6 Å². The van der Waals surface area contributed by atoms with E-state index in [1.807, 2.05) is 36.4 Å². The number of nitrogens with one attached hydrogen (secondary N) is 1. The normalized spacial score (nSPS) is 14.9. The van der Waals surface area contributed by atoms with Gasteiger partial charge in [-0.2, -0.15) is 0 Å². The Morgan fingerprint density at radius 2 is 1.68 bits per heavy atom. The quantitative estimate of drug-likeness (QED) is 0.492. The summed E-state index contributed by atoms with van der Waals surface area (Å²) < 4.78 is 21.9. The van der Waals surface area contributed by atoms with E-state index < -0.39 is 0 Å². The van der Waals surface area contributed by atoms with Gasteiger partial charge >= 0.3 is 0 Å². The monoisotopic (exact) mass is 465 g/mol. The van der Waals surface area contributed by atoms with Crippen LogP contribution in [0, 0.1) is 0 Å². The first kappa shape index (κ1) is 23.5. The number of benzene rings is 2. The van der Waals surface area contributed by atoms with Gasteiger partial charge in [0.05, 0.1) is 26.5 Å². The highest BCUT2D eigenvalue weighted by atomic mass is 16.5. The van der Waals surface area contributed by atoms with Crippen LogP contribution in [-0.4, -0.2) is 64.4 Å². The Morgan fingerprint density at radius 3 is 2.32 bits per heavy atom. The summed E-state index contributed by atoms with van der Waals surface area (Å²) in [7, 11) is 3.25. The lowest BCUT2D eigenvalue weighted by atomic mass is 10.1. The number of piperazine rings is 1. The van der Waals surface area contributed by atoms with Crippen molar-refractivity contribution in [2.75, 3.05) is 58.5 Å². The third kappa shape index (κ3) is 5.82. The maximum absolute atomic E-state index is 12.5. The summed E-state index contributed by atoms with van der Waals surface area (Å²) in [6, 6.07) is 19.2. The largest absolute Gasteiger partial charge is 0.497 e. The van der Waals surface area contributed by atoms with E-state index >= 15 is 0 Å². The number of anilines is 1. The van der Waals surface area contributed by atoms with E-state index in [-0.39, 0.29) is 18.6 Å². The fraction of sp³-hybridized carbons (Fsp3) is 0.346. The summed E-state index contributed by atoms with van der Waals surface area (Å²) in [4.78, 5) is 17.2. The molecule has 2 aromatic carbocycles. The highest BCUT2D eigenvalue weighted by Gasteiger charge is 2.27. The van der Waals surface area contributed by atoms with E-state index in [0.717, 1.165) is 37.7 Å². The Labute approximate surface area is 200 Å². The van der Waals surface area contributed by atoms with Crippen LogP contribution in [-0.2, 0) is 4.79 Å². The second kappa shape index (κ2) is 11.5. The second-order valence-corrected chi connectivity index (χ2v) is 8.00. The molecule has 1 aliphatic rings. The average Bonchev–Trinajstić information content (AvgIpc) is 3.43. The smallest absolute Gasteiger partial charge is 0.258 e. The molecule has 8 heteroatoms. The van der Waals surface area contributed by atoms with Gasteiger partial charge in [0.2, 0.25) is 0 Å². The number of ether oxygens (including phenoxy) is 3. The van der Waals surface area contributed by atoms with Gasteiger partial charge in [-0.25, -0.2) is 0 Å². The van der Waals surface area contributed by atoms with Crippen LogP contribution in [0.1, 0.15) is 11.8 Å². The molecule has 1 aromatic heterocycles. The van der Waals surface area contributed by atoms with Crippen LogP contribution in [0.3, 0.4) is 0 Å². The van der Waals surface area contributed by atoms with E-state index in [2.05, 4.69) is 27.2 Å². The minimum atomic E-state index is -0.195. The van der Waals surface area contributed by atoms with Crippen LogP contribution in [0.4, 0.5) is 5.69 Å². The molecule has 1 aliphatic heterocycles. The summed E-state index contributed by atoms with van der Waals surface area (Å²) in [6.45, 7) is 3.82. The third-order valence-corrected chi connectivity index (χ3v) is 5.98. The van der Waals surface area contributed by atoms with Crippen LogP contribution in [0.5, 0.6) is 17.2 Å². The molecule has 1 N–H and O–H groups in total. The summed E-state index contributed by atoms with van der Waals surface area (Å²) in [5.74, 6) is 2.63. The number of para-hydroxylation sites is 2. The molecule has 0 saturated carbocycles. The lowest BCUT2D eigenvalue weighted by molar-refractivity contribution is -0.123. The number of rotatable bonds is 10. The molecule has 3 aromatic rings. The number of carbonyl (C=O) groups excluding carboxylic acids is 1. The molecule has 0 spiro atoms. The van der Waals surface area contributed by atoms with Crippen LogP contribution < -0.4 is 24.4 Å². The fourth-order valence-corrected chi connectivity index (χ4v) is 4.12. The van der Waals surface area contributed by atoms with E-state index in [4.69, 9.17) is 18.6 Å². The number of carbonyl (C=O) groups is 1. The summed E-state index contributed by atoms with van der Waals surface area (Å²) in [6.07, 6.45) is 1.67. The minimum absolute atomic E-state index is 0.0526. The fourth-order valence-electron chi connectivity index (χ4n) is 4.12. The molecular weight excluding hydrogens is 434 g/mol. The molecule has 0 aliphatic carbocycles. The van der Waals surface area contributed by atoms with E-state index in [0.29, 0.717) is 18.0 Å². The van der Waals surface area contributed by atoms with Gasteiger partial charge in [0, 0.05) is 38.4 Å². The van der Waals surface area contributed by atoms with Crippen molar-refractivity contribution in [1.82, 2.24) is 10.2 Å². The molecule has 180 valence electrons. The van der Waals surface area contributed by atoms with Crippen LogP contribution >= 0.6 is 0 Å². The van der Waals surface area contributed by atoms with Gasteiger partial charge in [-0.1, -0.05) is 12.1 Å². The highest BCUT2D eigenvalue weighted by molar-refractivity contribution is 5.77. The predicted octanol–water partition coefficient (Wildman–Crippen LogP) is 3.36. The van der Waals surface area contributed by atoms with E-state index in [1.165, 1.54) is 5.69 Å². The number of hydrogen-bond donors (Lipinski definition) is 1. The van der Waals surface area contributed by atoms with Crippen molar-refractivity contribution >= 4 is 11.6 Å². The average molecular weight is 466 g/mol. The molecule has 1 unspecified atom stereocenters. The van der Waals surface area contributed by atoms with E-state index in [9.17, 15) is 4.79 Å². The molecule has 0 radical (unpaired) electrons. The Morgan fingerprint density at radius 1 is 0.941 bits per heavy atom. The molecule has 1 fully saturated rings. The summed E-state index contributed by atoms with van der Waals surface area (Å²) in [5.41, 5.74) is 1.18. The maximum atomic E-state index is 12.5. The maximum Gasteiger partial charge on any atom is 0.258 e. The topological polar surface area (TPSA) is 76.4 Å². The first-order valence-electron chi connectivity index (χ1n) is 11.4. The number of amides is 1. The molecular formula is C26H31N3O5. The summed E-state index contributed by atoms with van der Waals surface area (Å²) in [5, 5.41) is 3.00. The Kier molecular flexibility index (Phi) is 7.93. The van der Waals surface area contributed by atoms with Crippen molar-refractivity contribution in [1.29, 1.82) is 0 Å². The molecule has 2 heterocycles. The van der Waals surface area contributed by atoms with Gasteiger partial charge in [0.25, 0.3) is 5.91 Å². The lowest BCUT2D eigenvalue weighted by Crippen LogP contribution is -2.50. The van der Waals surface area contributed by atoms with Gasteiger partial charge in [0.15, 0.2) is 18.1 Å². The van der Waals surface area contributed by atoms with Crippen molar-refractivity contribution in [2.24, 2.45) is 0 Å². The lowest BCUT2D eigenvalue weighted by Gasteiger charge is -2.39. The van der Waals surface area contributed by atoms with Crippen molar-refractivity contribution in [3.05, 3.63) is 72.7 Å². The minimum Gasteiger partial charge on any atom is -0.497 e. The zero-order valence-corrected chi connectivity index (χ0v) is 19.6. The Bertz CT molecular complexity index is 1030. The number of hydrogen-bond acceptors (Lipinski definition) is 7. The predicted molar refractivity (Wildman–Crippen MR) is 130 cm³/mol. The Balaban J connectivity index is 1.32. The highest BCUT2D eigenvalue weighted by Crippen LogP contribution is 2.27. The summed E-state index contributed by atoms with van der Waals surface area (Å²) >= 11 is 0. The van der Waals surface area contributed by atoms with Gasteiger partial charge in [0.1, 0.15) is 11.5 Å². The van der Waals surface area contributed by atoms with Gasteiger partial charge in [-0.05, 0) is 48.5 Å². The molecule has 4 rings (SSSR count). The first-order valence-corrected chi connectivity index (χ1v) is 11.4. The molecule has 0 bridgehead atoms. The van der Waals surface area contributed by atoms with Crippen LogP contribution in [0.2, 0.25) is 0 Å². The zero-order valence-electron chi connectivity index (χ0n) is 19.6. The van der Waals surface area contributed by atoms with Crippen molar-refractivity contribution in [3.63, 3.8) is 0 Å². The van der Waals surface area contributed by atoms with Crippen LogP contribution in [0.15, 0.2) is 71.3 Å². The number of furan rings is 1. The molecule has 1 atom stereocenters. The zero-order chi connectivity index (χ0) is 23.8. The third-order valence-electron chi connectivity index (χ3n) is 5.98. The van der Waals surface area contributed by atoms with Gasteiger partial charge in [-0.3, -0.25) is 9.69 Å². The van der Waals surface area contributed by atoms with Gasteiger partial charge < -0.3 is 28.8 Å². The molecule has 1 saturated heterocycles. The number of methoxy groups -OCH3 is 2. The molecule has 8 nitrogen and oxygen atoms in total. The van der Waals surface area contributed by atoms with Gasteiger partial charge in [-0.15, -0.1) is 0 Å².